The number of carbonyl (C=O) groups excluding carboxylic acids is 2. The predicted molar refractivity (Wildman–Crippen MR) is 77.4 cm³/mol. The molecule has 0 atom stereocenters. The molecule has 1 aromatic carbocycles. The van der Waals surface area contributed by atoms with Crippen LogP contribution in [0.3, 0.4) is 0 Å². The predicted octanol–water partition coefficient (Wildman–Crippen LogP) is 0.348. The molecule has 108 valence electrons. The number of nitrogens with one attached hydrogen (secondary N) is 2. The third-order valence-electron chi connectivity index (χ3n) is 2.84. The SMILES string of the molecule is CNC(=O)c1ccc(CNC(=O)c2nccnc2N)cc1. The molecule has 0 aliphatic rings. The van der Waals surface area contributed by atoms with Crippen molar-refractivity contribution in [2.45, 2.75) is 6.54 Å². The van der Waals surface area contributed by atoms with Gasteiger partial charge in [-0.15, -0.1) is 0 Å². The lowest BCUT2D eigenvalue weighted by Crippen LogP contribution is -2.25. The van der Waals surface area contributed by atoms with Crippen molar-refractivity contribution in [3.63, 3.8) is 0 Å². The molecule has 0 radical (unpaired) electrons. The third kappa shape index (κ3) is 3.53. The number of carbonyl (C=O) groups is 2. The van der Waals surface area contributed by atoms with E-state index in [0.717, 1.165) is 5.56 Å². The molecule has 1 heterocycles. The number of aromatic nitrogens is 2. The minimum absolute atomic E-state index is 0.0879. The van der Waals surface area contributed by atoms with E-state index in [2.05, 4.69) is 20.6 Å². The first-order chi connectivity index (χ1) is 10.1. The van der Waals surface area contributed by atoms with Crippen LogP contribution in [-0.4, -0.2) is 28.8 Å². The number of nitrogens with two attached hydrogens (primary N) is 1. The molecule has 2 amide bonds. The molecule has 2 aromatic rings. The van der Waals surface area contributed by atoms with Crippen molar-refractivity contribution in [2.75, 3.05) is 12.8 Å². The summed E-state index contributed by atoms with van der Waals surface area (Å²) < 4.78 is 0. The number of hydrogen-bond donors (Lipinski definition) is 3. The minimum Gasteiger partial charge on any atom is -0.382 e. The van der Waals surface area contributed by atoms with Crippen molar-refractivity contribution in [1.29, 1.82) is 0 Å². The third-order valence-corrected chi connectivity index (χ3v) is 2.84. The van der Waals surface area contributed by atoms with Crippen molar-refractivity contribution in [3.05, 3.63) is 53.5 Å². The summed E-state index contributed by atoms with van der Waals surface area (Å²) in [6, 6.07) is 6.92. The molecular weight excluding hydrogens is 270 g/mol. The quantitative estimate of drug-likeness (QED) is 0.750. The normalized spacial score (nSPS) is 9.95. The van der Waals surface area contributed by atoms with E-state index in [1.165, 1.54) is 12.4 Å². The van der Waals surface area contributed by atoms with Crippen LogP contribution in [0.2, 0.25) is 0 Å². The molecule has 0 unspecified atom stereocenters. The Bertz CT molecular complexity index is 655. The fourth-order valence-electron chi connectivity index (χ4n) is 1.71. The topological polar surface area (TPSA) is 110 Å². The number of nitrogens with zero attached hydrogens (tertiary/aromatic N) is 2. The summed E-state index contributed by atoms with van der Waals surface area (Å²) in [5.41, 5.74) is 7.10. The molecule has 21 heavy (non-hydrogen) atoms. The Hall–Kier alpha value is -2.96. The Balaban J connectivity index is 1.99. The monoisotopic (exact) mass is 285 g/mol. The van der Waals surface area contributed by atoms with Crippen LogP contribution in [0, 0.1) is 0 Å². The molecule has 4 N–H and O–H groups in total. The van der Waals surface area contributed by atoms with Crippen LogP contribution in [0.1, 0.15) is 26.4 Å². The van der Waals surface area contributed by atoms with Gasteiger partial charge in [0.15, 0.2) is 11.5 Å². The maximum absolute atomic E-state index is 11.9. The van der Waals surface area contributed by atoms with Gasteiger partial charge in [-0.1, -0.05) is 12.1 Å². The van der Waals surface area contributed by atoms with Crippen LogP contribution >= 0.6 is 0 Å². The fraction of sp³-hybridized carbons (Fsp3) is 0.143. The maximum Gasteiger partial charge on any atom is 0.273 e. The van der Waals surface area contributed by atoms with Crippen LogP contribution in [-0.2, 0) is 6.54 Å². The van der Waals surface area contributed by atoms with Crippen LogP contribution in [0.15, 0.2) is 36.7 Å². The fourth-order valence-corrected chi connectivity index (χ4v) is 1.71. The minimum atomic E-state index is -0.393. The highest BCUT2D eigenvalue weighted by atomic mass is 16.2. The lowest BCUT2D eigenvalue weighted by Gasteiger charge is -2.07. The summed E-state index contributed by atoms with van der Waals surface area (Å²) in [4.78, 5) is 31.0. The second-order valence-corrected chi connectivity index (χ2v) is 4.25. The molecule has 1 aromatic heterocycles. The lowest BCUT2D eigenvalue weighted by atomic mass is 10.1. The Morgan fingerprint density at radius 1 is 1.10 bits per heavy atom. The zero-order valence-electron chi connectivity index (χ0n) is 11.5. The summed E-state index contributed by atoms with van der Waals surface area (Å²) in [5.74, 6) is -0.459. The first-order valence-electron chi connectivity index (χ1n) is 6.27. The summed E-state index contributed by atoms with van der Waals surface area (Å²) in [7, 11) is 1.57. The Morgan fingerprint density at radius 3 is 2.38 bits per heavy atom. The first-order valence-corrected chi connectivity index (χ1v) is 6.27. The van der Waals surface area contributed by atoms with E-state index in [-0.39, 0.29) is 17.4 Å². The average Bonchev–Trinajstić information content (AvgIpc) is 2.52. The van der Waals surface area contributed by atoms with E-state index in [4.69, 9.17) is 5.73 Å². The molecule has 0 aliphatic carbocycles. The van der Waals surface area contributed by atoms with Crippen LogP contribution in [0.25, 0.3) is 0 Å². The molecule has 0 aliphatic heterocycles. The van der Waals surface area contributed by atoms with Gasteiger partial charge in [-0.3, -0.25) is 9.59 Å². The zero-order chi connectivity index (χ0) is 15.2. The number of nitrogen functional groups attached to an aromatic ring is 1. The number of rotatable bonds is 4. The van der Waals surface area contributed by atoms with Gasteiger partial charge >= 0.3 is 0 Å². The first kappa shape index (κ1) is 14.4. The zero-order valence-corrected chi connectivity index (χ0v) is 11.5. The van der Waals surface area contributed by atoms with Gasteiger partial charge in [0.05, 0.1) is 0 Å². The molecule has 2 rings (SSSR count). The van der Waals surface area contributed by atoms with Gasteiger partial charge in [0.1, 0.15) is 0 Å². The number of benzene rings is 1. The van der Waals surface area contributed by atoms with Gasteiger partial charge in [0.2, 0.25) is 0 Å². The Labute approximate surface area is 121 Å². The van der Waals surface area contributed by atoms with Crippen LogP contribution < -0.4 is 16.4 Å². The van der Waals surface area contributed by atoms with Crippen LogP contribution in [0.4, 0.5) is 5.82 Å². The highest BCUT2D eigenvalue weighted by Gasteiger charge is 2.11. The van der Waals surface area contributed by atoms with E-state index in [9.17, 15) is 9.59 Å². The molecule has 7 nitrogen and oxygen atoms in total. The molecule has 0 saturated carbocycles. The van der Waals surface area contributed by atoms with E-state index < -0.39 is 5.91 Å². The largest absolute Gasteiger partial charge is 0.382 e. The van der Waals surface area contributed by atoms with E-state index >= 15 is 0 Å². The van der Waals surface area contributed by atoms with Gasteiger partial charge in [0, 0.05) is 31.5 Å². The molecule has 0 bridgehead atoms. The number of amides is 2. The maximum atomic E-state index is 11.9. The van der Waals surface area contributed by atoms with Gasteiger partial charge < -0.3 is 16.4 Å². The lowest BCUT2D eigenvalue weighted by molar-refractivity contribution is 0.0942. The van der Waals surface area contributed by atoms with Crippen molar-refractivity contribution in [3.8, 4) is 0 Å². The van der Waals surface area contributed by atoms with Crippen molar-refractivity contribution < 1.29 is 9.59 Å². The molecule has 0 saturated heterocycles. The van der Waals surface area contributed by atoms with Crippen LogP contribution in [0.5, 0.6) is 0 Å². The summed E-state index contributed by atoms with van der Waals surface area (Å²) in [6.45, 7) is 0.308. The van der Waals surface area contributed by atoms with Gasteiger partial charge in [-0.2, -0.15) is 0 Å². The summed E-state index contributed by atoms with van der Waals surface area (Å²) >= 11 is 0. The van der Waals surface area contributed by atoms with Gasteiger partial charge in [0.25, 0.3) is 11.8 Å². The van der Waals surface area contributed by atoms with E-state index in [1.54, 1.807) is 31.3 Å². The summed E-state index contributed by atoms with van der Waals surface area (Å²) in [6.07, 6.45) is 2.83. The standard InChI is InChI=1S/C14H15N5O2/c1-16-13(20)10-4-2-9(3-5-10)8-19-14(21)11-12(15)18-7-6-17-11/h2-7H,8H2,1H3,(H2,15,18)(H,16,20)(H,19,21). The van der Waals surface area contributed by atoms with Gasteiger partial charge in [-0.25, -0.2) is 9.97 Å². The smallest absolute Gasteiger partial charge is 0.273 e. The molecule has 7 heteroatoms. The average molecular weight is 285 g/mol. The Morgan fingerprint density at radius 2 is 1.76 bits per heavy atom. The van der Waals surface area contributed by atoms with Crippen molar-refractivity contribution in [1.82, 2.24) is 20.6 Å². The van der Waals surface area contributed by atoms with E-state index in [1.807, 2.05) is 0 Å². The molecule has 0 spiro atoms. The number of anilines is 1. The highest BCUT2D eigenvalue weighted by Crippen LogP contribution is 2.06. The second kappa shape index (κ2) is 6.47. The van der Waals surface area contributed by atoms with E-state index in [0.29, 0.717) is 12.1 Å². The molecule has 0 fully saturated rings. The second-order valence-electron chi connectivity index (χ2n) is 4.25. The summed E-state index contributed by atoms with van der Waals surface area (Å²) in [5, 5.41) is 5.24. The molecular formula is C14H15N5O2. The number of hydrogen-bond acceptors (Lipinski definition) is 5. The van der Waals surface area contributed by atoms with Gasteiger partial charge in [-0.05, 0) is 17.7 Å². The van der Waals surface area contributed by atoms with Crippen molar-refractivity contribution in [2.24, 2.45) is 0 Å². The highest BCUT2D eigenvalue weighted by molar-refractivity contribution is 5.96. The van der Waals surface area contributed by atoms with Crippen molar-refractivity contribution >= 4 is 17.6 Å². The Kier molecular flexibility index (Phi) is 4.45.